The van der Waals surface area contributed by atoms with Gasteiger partial charge in [-0.15, -0.1) is 0 Å². The maximum Gasteiger partial charge on any atom is 0.226 e. The Morgan fingerprint density at radius 1 is 1.32 bits per heavy atom. The van der Waals surface area contributed by atoms with Crippen LogP contribution in [0.5, 0.6) is 0 Å². The highest BCUT2D eigenvalue weighted by molar-refractivity contribution is 5.82. The lowest BCUT2D eigenvalue weighted by molar-refractivity contribution is -0.131. The summed E-state index contributed by atoms with van der Waals surface area (Å²) in [5, 5.41) is 6.71. The van der Waals surface area contributed by atoms with E-state index < -0.39 is 0 Å². The Labute approximate surface area is 117 Å². The maximum absolute atomic E-state index is 12.5. The van der Waals surface area contributed by atoms with Crippen LogP contribution in [0.2, 0.25) is 0 Å². The predicted molar refractivity (Wildman–Crippen MR) is 79.0 cm³/mol. The topological polar surface area (TPSA) is 41.1 Å². The molecule has 1 heterocycles. The molecule has 0 spiro atoms. The van der Waals surface area contributed by atoms with Crippen LogP contribution in [0.3, 0.4) is 0 Å². The lowest BCUT2D eigenvalue weighted by Gasteiger charge is -2.29. The fourth-order valence-corrected chi connectivity index (χ4v) is 3.91. The molecule has 1 aliphatic heterocycles. The number of carbonyl (C=O) groups excluding carboxylic acids is 1. The van der Waals surface area contributed by atoms with Gasteiger partial charge >= 0.3 is 0 Å². The minimum Gasteiger partial charge on any atom is -0.356 e. The largest absolute Gasteiger partial charge is 0.356 e. The van der Waals surface area contributed by atoms with E-state index in [9.17, 15) is 4.79 Å². The van der Waals surface area contributed by atoms with E-state index >= 15 is 0 Å². The van der Waals surface area contributed by atoms with Gasteiger partial charge in [0.2, 0.25) is 5.91 Å². The van der Waals surface area contributed by atoms with Gasteiger partial charge in [-0.25, -0.2) is 0 Å². The molecule has 0 aromatic carbocycles. The van der Waals surface area contributed by atoms with Gasteiger partial charge in [0.05, 0.1) is 0 Å². The summed E-state index contributed by atoms with van der Waals surface area (Å²) in [6.45, 7) is 6.46. The Balaban J connectivity index is 1.78. The summed E-state index contributed by atoms with van der Waals surface area (Å²) in [6, 6.07) is 0.630. The molecule has 110 valence electrons. The Bertz CT molecular complexity index is 289. The molecule has 1 unspecified atom stereocenters. The first-order valence-electron chi connectivity index (χ1n) is 8.14. The molecule has 0 bridgehead atoms. The van der Waals surface area contributed by atoms with Crippen LogP contribution in [-0.4, -0.2) is 25.0 Å². The SMILES string of the molecule is CC(C)CC1(C(=O)NCCC2CCCN2)CCCC1. The quantitative estimate of drug-likeness (QED) is 0.776. The van der Waals surface area contributed by atoms with Gasteiger partial charge in [-0.3, -0.25) is 4.79 Å². The van der Waals surface area contributed by atoms with Crippen molar-refractivity contribution in [1.29, 1.82) is 0 Å². The molecule has 2 N–H and O–H groups in total. The van der Waals surface area contributed by atoms with Crippen molar-refractivity contribution in [3.63, 3.8) is 0 Å². The Hall–Kier alpha value is -0.570. The molecule has 1 atom stereocenters. The molecular formula is C16H30N2O. The van der Waals surface area contributed by atoms with Crippen LogP contribution in [-0.2, 0) is 4.79 Å². The van der Waals surface area contributed by atoms with Crippen molar-refractivity contribution in [3.8, 4) is 0 Å². The van der Waals surface area contributed by atoms with E-state index in [4.69, 9.17) is 0 Å². The molecule has 1 aliphatic carbocycles. The number of hydrogen-bond donors (Lipinski definition) is 2. The highest BCUT2D eigenvalue weighted by Gasteiger charge is 2.41. The highest BCUT2D eigenvalue weighted by atomic mass is 16.2. The Morgan fingerprint density at radius 2 is 2.05 bits per heavy atom. The lowest BCUT2D eigenvalue weighted by atomic mass is 9.77. The smallest absolute Gasteiger partial charge is 0.226 e. The van der Waals surface area contributed by atoms with Gasteiger partial charge in [0.25, 0.3) is 0 Å². The first-order chi connectivity index (χ1) is 9.12. The summed E-state index contributed by atoms with van der Waals surface area (Å²) >= 11 is 0. The zero-order valence-corrected chi connectivity index (χ0v) is 12.6. The number of hydrogen-bond acceptors (Lipinski definition) is 2. The molecule has 1 amide bonds. The van der Waals surface area contributed by atoms with E-state index in [1.54, 1.807) is 0 Å². The zero-order valence-electron chi connectivity index (χ0n) is 12.6. The summed E-state index contributed by atoms with van der Waals surface area (Å²) in [6.07, 6.45) is 9.35. The van der Waals surface area contributed by atoms with Crippen molar-refractivity contribution < 1.29 is 4.79 Å². The van der Waals surface area contributed by atoms with Crippen molar-refractivity contribution >= 4 is 5.91 Å². The first kappa shape index (κ1) is 14.8. The molecule has 19 heavy (non-hydrogen) atoms. The molecule has 2 rings (SSSR count). The van der Waals surface area contributed by atoms with Crippen molar-refractivity contribution in [2.24, 2.45) is 11.3 Å². The highest BCUT2D eigenvalue weighted by Crippen LogP contribution is 2.43. The van der Waals surface area contributed by atoms with E-state index in [1.807, 2.05) is 0 Å². The van der Waals surface area contributed by atoms with Crippen LogP contribution in [0.25, 0.3) is 0 Å². The average Bonchev–Trinajstić information content (AvgIpc) is 3.00. The van der Waals surface area contributed by atoms with E-state index in [0.717, 1.165) is 38.8 Å². The van der Waals surface area contributed by atoms with Crippen LogP contribution in [0.4, 0.5) is 0 Å². The van der Waals surface area contributed by atoms with Crippen LogP contribution in [0.15, 0.2) is 0 Å². The normalized spacial score (nSPS) is 25.9. The molecule has 3 heteroatoms. The second kappa shape index (κ2) is 6.74. The number of carbonyl (C=O) groups is 1. The molecule has 1 saturated heterocycles. The summed E-state index contributed by atoms with van der Waals surface area (Å²) in [5.74, 6) is 0.942. The standard InChI is InChI=1S/C16H30N2O/c1-13(2)12-16(8-3-4-9-16)15(19)18-11-7-14-6-5-10-17-14/h13-14,17H,3-12H2,1-2H3,(H,18,19). The maximum atomic E-state index is 12.5. The van der Waals surface area contributed by atoms with Gasteiger partial charge in [0.15, 0.2) is 0 Å². The van der Waals surface area contributed by atoms with Crippen LogP contribution in [0.1, 0.15) is 65.2 Å². The fourth-order valence-electron chi connectivity index (χ4n) is 3.91. The Kier molecular flexibility index (Phi) is 5.26. The average molecular weight is 266 g/mol. The second-order valence-electron chi connectivity index (χ2n) is 6.92. The van der Waals surface area contributed by atoms with Crippen molar-refractivity contribution in [3.05, 3.63) is 0 Å². The molecule has 0 aromatic rings. The molecule has 2 aliphatic rings. The van der Waals surface area contributed by atoms with Crippen LogP contribution in [0, 0.1) is 11.3 Å². The summed E-state index contributed by atoms with van der Waals surface area (Å²) in [5.41, 5.74) is -0.0444. The number of amides is 1. The predicted octanol–water partition coefficient (Wildman–Crippen LogP) is 2.85. The van der Waals surface area contributed by atoms with Crippen LogP contribution < -0.4 is 10.6 Å². The molecule has 0 radical (unpaired) electrons. The minimum absolute atomic E-state index is 0.0444. The zero-order chi connectivity index (χ0) is 13.7. The summed E-state index contributed by atoms with van der Waals surface area (Å²) in [7, 11) is 0. The van der Waals surface area contributed by atoms with E-state index in [-0.39, 0.29) is 5.41 Å². The first-order valence-corrected chi connectivity index (χ1v) is 8.14. The monoisotopic (exact) mass is 266 g/mol. The van der Waals surface area contributed by atoms with Crippen molar-refractivity contribution in [2.45, 2.75) is 71.3 Å². The molecule has 0 aromatic heterocycles. The molecular weight excluding hydrogens is 236 g/mol. The molecule has 3 nitrogen and oxygen atoms in total. The summed E-state index contributed by atoms with van der Waals surface area (Å²) < 4.78 is 0. The van der Waals surface area contributed by atoms with Crippen molar-refractivity contribution in [1.82, 2.24) is 10.6 Å². The van der Waals surface area contributed by atoms with Gasteiger partial charge in [-0.2, -0.15) is 0 Å². The van der Waals surface area contributed by atoms with E-state index in [0.29, 0.717) is 17.9 Å². The van der Waals surface area contributed by atoms with Crippen LogP contribution >= 0.6 is 0 Å². The van der Waals surface area contributed by atoms with E-state index in [2.05, 4.69) is 24.5 Å². The third-order valence-corrected chi connectivity index (χ3v) is 4.78. The third kappa shape index (κ3) is 3.95. The summed E-state index contributed by atoms with van der Waals surface area (Å²) in [4.78, 5) is 12.5. The third-order valence-electron chi connectivity index (χ3n) is 4.78. The van der Waals surface area contributed by atoms with Gasteiger partial charge in [0, 0.05) is 18.0 Å². The molecule has 2 fully saturated rings. The number of nitrogens with one attached hydrogen (secondary N) is 2. The van der Waals surface area contributed by atoms with Gasteiger partial charge in [-0.1, -0.05) is 26.7 Å². The van der Waals surface area contributed by atoms with E-state index in [1.165, 1.54) is 25.7 Å². The van der Waals surface area contributed by atoms with Gasteiger partial charge in [-0.05, 0) is 51.0 Å². The van der Waals surface area contributed by atoms with Crippen molar-refractivity contribution in [2.75, 3.05) is 13.1 Å². The van der Waals surface area contributed by atoms with Gasteiger partial charge in [0.1, 0.15) is 0 Å². The number of rotatable bonds is 6. The van der Waals surface area contributed by atoms with Gasteiger partial charge < -0.3 is 10.6 Å². The minimum atomic E-state index is -0.0444. The Morgan fingerprint density at radius 3 is 2.63 bits per heavy atom. The molecule has 1 saturated carbocycles. The fraction of sp³-hybridized carbons (Fsp3) is 0.938. The second-order valence-corrected chi connectivity index (χ2v) is 6.92. The lowest BCUT2D eigenvalue weighted by Crippen LogP contribution is -2.41.